The van der Waals surface area contributed by atoms with Gasteiger partial charge >= 0.3 is 67.8 Å². The molecule has 0 fully saturated rings. The van der Waals surface area contributed by atoms with Crippen molar-refractivity contribution < 1.29 is 62.1 Å². The van der Waals surface area contributed by atoms with Crippen molar-refractivity contribution in [2.45, 2.75) is 0 Å². The molecule has 218 valence electrons. The Morgan fingerprint density at radius 2 is 0.775 bits per heavy atom. The Labute approximate surface area is 263 Å². The molecule has 0 atom stereocenters. The van der Waals surface area contributed by atoms with Crippen LogP contribution < -0.4 is 10.6 Å². The van der Waals surface area contributed by atoms with Crippen LogP contribution in [-0.4, -0.2) is 56.3 Å². The van der Waals surface area contributed by atoms with E-state index in [9.17, 15) is 0 Å². The van der Waals surface area contributed by atoms with Crippen LogP contribution in [0.3, 0.4) is 0 Å². The van der Waals surface area contributed by atoms with E-state index in [1.54, 1.807) is 0 Å². The number of nitrogens with zero attached hydrogens (tertiary/aromatic N) is 3. The summed E-state index contributed by atoms with van der Waals surface area (Å²) in [4.78, 5) is 0. The summed E-state index contributed by atoms with van der Waals surface area (Å²) in [7, 11) is 11.3. The summed E-state index contributed by atoms with van der Waals surface area (Å²) < 4.78 is 51.4. The fourth-order valence-corrected chi connectivity index (χ4v) is 7.79. The SMILES string of the molecule is [C-]#[O+].[C-]#[O+].[C-]#[O+].[C-]#[O+].[C-]#[O+].[C-]#[O+].[CH-]=C([CH2-])[P+](N(C)C)(N(C)C)N(C)C.[Fe].[Fe].c1ccc(Pc2ccccc2)cc1. The molecule has 0 radical (unpaired) electrons. The molecule has 0 saturated heterocycles. The smallest absolute Gasteiger partial charge is 0.191 e. The predicted octanol–water partition coefficient (Wildman–Crippen LogP) is 3.67. The molecule has 0 aliphatic heterocycles. The van der Waals surface area contributed by atoms with Gasteiger partial charge in [-0.1, -0.05) is 69.2 Å². The number of hydrogen-bond donors (Lipinski definition) is 0. The minimum atomic E-state index is -1.70. The van der Waals surface area contributed by atoms with Crippen LogP contribution in [0.5, 0.6) is 0 Å². The Hall–Kier alpha value is -1.73. The first-order valence-corrected chi connectivity index (χ1v) is 12.3. The molecule has 2 aromatic rings. The normalized spacial score (nSPS) is 7.72. The van der Waals surface area contributed by atoms with Crippen LogP contribution in [0.4, 0.5) is 0 Å². The largest absolute Gasteiger partial charge is 0.501 e. The first-order chi connectivity index (χ1) is 18.2. The standard InChI is InChI=1S/C12H11P.C9H21N3P.6CO.2Fe/c1-3-7-11(8-4-1)13-12-9-5-2-6-10-12;1-9(2)13(10(3)4,11(5)6)12(7)8;6*1-2;;/h1-10,13H;1H,2H2,3-8H3;;;;;;;;/q;-1;;;;;;;;. The fraction of sp³-hybridized carbons (Fsp3) is 0.222. The second-order valence-electron chi connectivity index (χ2n) is 6.46. The third-order valence-corrected chi connectivity index (χ3v) is 9.26. The van der Waals surface area contributed by atoms with Crippen molar-refractivity contribution in [1.29, 1.82) is 0 Å². The third-order valence-electron chi connectivity index (χ3n) is 3.89. The van der Waals surface area contributed by atoms with E-state index < -0.39 is 7.71 Å². The number of rotatable bonds is 6. The molecule has 0 aliphatic carbocycles. The van der Waals surface area contributed by atoms with Gasteiger partial charge in [0.15, 0.2) is 7.71 Å². The average Bonchev–Trinajstić information content (AvgIpc) is 2.96. The van der Waals surface area contributed by atoms with E-state index >= 15 is 0 Å². The molecule has 0 bridgehead atoms. The quantitative estimate of drug-likeness (QED) is 0.202. The van der Waals surface area contributed by atoms with Gasteiger partial charge in [0.1, 0.15) is 0 Å². The number of benzene rings is 2. The summed E-state index contributed by atoms with van der Waals surface area (Å²) in [6.45, 7) is 36.8. The first kappa shape index (κ1) is 58.0. The topological polar surface area (TPSA) is 129 Å². The summed E-state index contributed by atoms with van der Waals surface area (Å²) in [5.41, 5.74) is 0. The molecule has 13 heteroatoms. The molecule has 0 N–H and O–H groups in total. The van der Waals surface area contributed by atoms with Gasteiger partial charge in [0, 0.05) is 76.4 Å². The zero-order chi connectivity index (χ0) is 31.7. The van der Waals surface area contributed by atoms with Crippen molar-refractivity contribution in [3.05, 3.63) is 119 Å². The summed E-state index contributed by atoms with van der Waals surface area (Å²) in [6, 6.07) is 21.2. The maximum atomic E-state index is 7.50. The second-order valence-corrected chi connectivity index (χ2v) is 12.0. The van der Waals surface area contributed by atoms with E-state index in [1.165, 1.54) is 10.6 Å². The van der Waals surface area contributed by atoms with Crippen molar-refractivity contribution in [3.63, 3.8) is 0 Å². The molecule has 9 nitrogen and oxygen atoms in total. The summed E-state index contributed by atoms with van der Waals surface area (Å²) in [5.74, 6) is 0. The van der Waals surface area contributed by atoms with Gasteiger partial charge in [-0.3, -0.25) is 0 Å². The molecule has 2 aromatic carbocycles. The Bertz CT molecular complexity index is 829. The molecule has 0 unspecified atom stereocenters. The van der Waals surface area contributed by atoms with Crippen molar-refractivity contribution in [2.24, 2.45) is 0 Å². The van der Waals surface area contributed by atoms with Gasteiger partial charge < -0.3 is 13.5 Å². The molecule has 0 amide bonds. The maximum absolute atomic E-state index is 7.50. The van der Waals surface area contributed by atoms with Crippen LogP contribution in [0.25, 0.3) is 0 Å². The van der Waals surface area contributed by atoms with Crippen LogP contribution in [0, 0.1) is 53.4 Å². The summed E-state index contributed by atoms with van der Waals surface area (Å²) >= 11 is 0. The maximum Gasteiger partial charge on any atom is 0.191 e. The Balaban J connectivity index is -0.0000000598. The Morgan fingerprint density at radius 1 is 0.575 bits per heavy atom. The van der Waals surface area contributed by atoms with Crippen LogP contribution in [0.1, 0.15) is 0 Å². The zero-order valence-electron chi connectivity index (χ0n) is 23.0. The van der Waals surface area contributed by atoms with Gasteiger partial charge in [-0.15, -0.1) is 0 Å². The molecule has 40 heavy (non-hydrogen) atoms. The van der Waals surface area contributed by atoms with Gasteiger partial charge in [0.25, 0.3) is 0 Å². The minimum Gasteiger partial charge on any atom is -0.501 e. The zero-order valence-corrected chi connectivity index (χ0v) is 27.1. The van der Waals surface area contributed by atoms with Crippen LogP contribution in [-0.2, 0) is 62.1 Å². The van der Waals surface area contributed by atoms with Crippen molar-refractivity contribution in [3.8, 4) is 0 Å². The van der Waals surface area contributed by atoms with E-state index in [0.29, 0.717) is 0 Å². The van der Waals surface area contributed by atoms with Crippen molar-refractivity contribution in [1.82, 2.24) is 14.0 Å². The molecule has 2 rings (SSSR count). The monoisotopic (exact) mass is 668 g/mol. The molecule has 0 heterocycles. The van der Waals surface area contributed by atoms with Gasteiger partial charge in [-0.25, -0.2) is 0 Å². The second kappa shape index (κ2) is 44.3. The van der Waals surface area contributed by atoms with E-state index in [1.807, 2.05) is 42.3 Å². The minimum absolute atomic E-state index is 0. The van der Waals surface area contributed by atoms with Crippen LogP contribution in [0.15, 0.2) is 66.0 Å². The van der Waals surface area contributed by atoms with Gasteiger partial charge in [0.2, 0.25) is 0 Å². The molecular formula is C27H32Fe2N3O6P2-. The number of hydrogen-bond acceptors (Lipinski definition) is 3. The van der Waals surface area contributed by atoms with Gasteiger partial charge in [-0.2, -0.15) is 19.3 Å². The fourth-order valence-electron chi connectivity index (χ4n) is 3.05. The van der Waals surface area contributed by atoms with Gasteiger partial charge in [0.05, 0.1) is 0 Å². The average molecular weight is 668 g/mol. The molecule has 0 spiro atoms. The van der Waals surface area contributed by atoms with Crippen molar-refractivity contribution in [2.75, 3.05) is 42.3 Å². The predicted molar refractivity (Wildman–Crippen MR) is 145 cm³/mol. The molecule has 0 saturated carbocycles. The molecule has 0 aromatic heterocycles. The Morgan fingerprint density at radius 3 is 0.900 bits per heavy atom. The first-order valence-electron chi connectivity index (χ1n) is 9.70. The van der Waals surface area contributed by atoms with Crippen LogP contribution in [0.2, 0.25) is 0 Å². The molecule has 0 aliphatic rings. The van der Waals surface area contributed by atoms with Crippen LogP contribution >= 0.6 is 16.3 Å². The van der Waals surface area contributed by atoms with E-state index in [2.05, 4.69) is 122 Å². The third kappa shape index (κ3) is 25.3. The van der Waals surface area contributed by atoms with E-state index in [4.69, 9.17) is 34.5 Å². The Kier molecular flexibility index (Phi) is 64.2. The van der Waals surface area contributed by atoms with E-state index in [-0.39, 0.29) is 34.1 Å². The number of allylic oxidation sites excluding steroid dienone is 1. The van der Waals surface area contributed by atoms with Crippen molar-refractivity contribution >= 4 is 26.9 Å². The summed E-state index contributed by atoms with van der Waals surface area (Å²) in [5, 5.41) is 3.52. The molecular weight excluding hydrogens is 636 g/mol. The van der Waals surface area contributed by atoms with Gasteiger partial charge in [-0.05, 0) is 10.6 Å². The summed E-state index contributed by atoms with van der Waals surface area (Å²) in [6.07, 6.45) is 0. The van der Waals surface area contributed by atoms with E-state index in [0.717, 1.165) is 13.9 Å².